The van der Waals surface area contributed by atoms with Crippen LogP contribution in [-0.4, -0.2) is 58.1 Å². The number of benzene rings is 1. The average molecular weight is 354 g/mol. The van der Waals surface area contributed by atoms with Gasteiger partial charge in [-0.25, -0.2) is 0 Å². The summed E-state index contributed by atoms with van der Waals surface area (Å²) in [7, 11) is 2.17. The zero-order chi connectivity index (χ0) is 18.1. The topological polar surface area (TPSA) is 62.5 Å². The molecule has 2 heterocycles. The molecule has 1 saturated carbocycles. The van der Waals surface area contributed by atoms with Crippen molar-refractivity contribution in [3.05, 3.63) is 35.7 Å². The van der Waals surface area contributed by atoms with E-state index in [1.807, 2.05) is 24.3 Å². The molecule has 1 amide bonds. The second-order valence-electron chi connectivity index (χ2n) is 7.68. The molecule has 26 heavy (non-hydrogen) atoms. The van der Waals surface area contributed by atoms with Crippen LogP contribution in [-0.2, 0) is 0 Å². The number of hydrogen-bond donors (Lipinski definition) is 0. The maximum Gasteiger partial charge on any atom is 0.254 e. The van der Waals surface area contributed by atoms with Gasteiger partial charge in [0.25, 0.3) is 5.91 Å². The zero-order valence-electron chi connectivity index (χ0n) is 15.6. The molecule has 1 aliphatic heterocycles. The van der Waals surface area contributed by atoms with E-state index in [0.717, 1.165) is 43.6 Å². The summed E-state index contributed by atoms with van der Waals surface area (Å²) < 4.78 is 5.46. The number of carbonyl (C=O) groups is 1. The maximum atomic E-state index is 13.3. The number of likely N-dealkylation sites (N-methyl/N-ethyl adjacent to an activating group) is 1. The SMILES string of the molecule is Cc1nnc(-c2ccc(C(=O)N3CCN(C)CC34CCCCC4)cc2)o1. The lowest BCUT2D eigenvalue weighted by Gasteiger charge is -2.52. The van der Waals surface area contributed by atoms with E-state index in [-0.39, 0.29) is 11.4 Å². The minimum Gasteiger partial charge on any atom is -0.421 e. The van der Waals surface area contributed by atoms with Crippen molar-refractivity contribution in [2.45, 2.75) is 44.6 Å². The van der Waals surface area contributed by atoms with Gasteiger partial charge < -0.3 is 14.2 Å². The molecule has 2 aliphatic rings. The molecule has 6 heteroatoms. The van der Waals surface area contributed by atoms with Crippen LogP contribution in [0.4, 0.5) is 0 Å². The van der Waals surface area contributed by atoms with Crippen LogP contribution in [0, 0.1) is 6.92 Å². The molecule has 0 atom stereocenters. The van der Waals surface area contributed by atoms with Crippen molar-refractivity contribution >= 4 is 5.91 Å². The van der Waals surface area contributed by atoms with Gasteiger partial charge in [0.1, 0.15) is 0 Å². The number of hydrogen-bond acceptors (Lipinski definition) is 5. The van der Waals surface area contributed by atoms with Gasteiger partial charge in [0, 0.05) is 37.7 Å². The predicted octanol–water partition coefficient (Wildman–Crippen LogP) is 3.14. The van der Waals surface area contributed by atoms with Gasteiger partial charge in [0.2, 0.25) is 11.8 Å². The number of nitrogens with zero attached hydrogens (tertiary/aromatic N) is 4. The number of rotatable bonds is 2. The van der Waals surface area contributed by atoms with Crippen molar-refractivity contribution in [1.29, 1.82) is 0 Å². The molecule has 6 nitrogen and oxygen atoms in total. The summed E-state index contributed by atoms with van der Waals surface area (Å²) in [5.74, 6) is 1.18. The number of amides is 1. The van der Waals surface area contributed by atoms with E-state index in [0.29, 0.717) is 11.8 Å². The van der Waals surface area contributed by atoms with Crippen LogP contribution >= 0.6 is 0 Å². The highest BCUT2D eigenvalue weighted by Gasteiger charge is 2.43. The first kappa shape index (κ1) is 17.2. The maximum absolute atomic E-state index is 13.3. The van der Waals surface area contributed by atoms with Crippen molar-refractivity contribution in [3.63, 3.8) is 0 Å². The first-order chi connectivity index (χ1) is 12.6. The third-order valence-corrected chi connectivity index (χ3v) is 5.78. The molecule has 1 aromatic carbocycles. The van der Waals surface area contributed by atoms with Gasteiger partial charge in [-0.15, -0.1) is 10.2 Å². The lowest BCUT2D eigenvalue weighted by atomic mass is 9.78. The van der Waals surface area contributed by atoms with Crippen molar-refractivity contribution in [3.8, 4) is 11.5 Å². The van der Waals surface area contributed by atoms with Crippen molar-refractivity contribution < 1.29 is 9.21 Å². The van der Waals surface area contributed by atoms with E-state index >= 15 is 0 Å². The molecule has 0 radical (unpaired) electrons. The summed E-state index contributed by atoms with van der Waals surface area (Å²) in [5.41, 5.74) is 1.58. The highest BCUT2D eigenvalue weighted by Crippen LogP contribution is 2.37. The normalized spacial score (nSPS) is 20.5. The van der Waals surface area contributed by atoms with Crippen molar-refractivity contribution in [1.82, 2.24) is 20.0 Å². The van der Waals surface area contributed by atoms with E-state index in [2.05, 4.69) is 27.0 Å². The Bertz CT molecular complexity index is 777. The number of aromatic nitrogens is 2. The van der Waals surface area contributed by atoms with Crippen molar-refractivity contribution in [2.75, 3.05) is 26.7 Å². The van der Waals surface area contributed by atoms with Crippen LogP contribution in [0.2, 0.25) is 0 Å². The summed E-state index contributed by atoms with van der Waals surface area (Å²) in [4.78, 5) is 17.8. The third-order valence-electron chi connectivity index (χ3n) is 5.78. The summed E-state index contributed by atoms with van der Waals surface area (Å²) in [6, 6.07) is 7.55. The fraction of sp³-hybridized carbons (Fsp3) is 0.550. The Hall–Kier alpha value is -2.21. The second-order valence-corrected chi connectivity index (χ2v) is 7.68. The molecule has 1 aliphatic carbocycles. The van der Waals surface area contributed by atoms with Gasteiger partial charge in [0.15, 0.2) is 0 Å². The van der Waals surface area contributed by atoms with E-state index in [9.17, 15) is 4.79 Å². The molecule has 2 aromatic rings. The zero-order valence-corrected chi connectivity index (χ0v) is 15.6. The van der Waals surface area contributed by atoms with Gasteiger partial charge in [0.05, 0.1) is 5.54 Å². The van der Waals surface area contributed by atoms with Gasteiger partial charge in [-0.2, -0.15) is 0 Å². The van der Waals surface area contributed by atoms with E-state index in [4.69, 9.17) is 4.42 Å². The molecule has 4 rings (SSSR count). The first-order valence-electron chi connectivity index (χ1n) is 9.48. The van der Waals surface area contributed by atoms with Crippen LogP contribution in [0.25, 0.3) is 11.5 Å². The summed E-state index contributed by atoms with van der Waals surface area (Å²) in [6.07, 6.45) is 5.94. The van der Waals surface area contributed by atoms with Gasteiger partial charge >= 0.3 is 0 Å². The number of piperazine rings is 1. The first-order valence-corrected chi connectivity index (χ1v) is 9.48. The molecule has 1 spiro atoms. The monoisotopic (exact) mass is 354 g/mol. The largest absolute Gasteiger partial charge is 0.421 e. The molecule has 1 saturated heterocycles. The van der Waals surface area contributed by atoms with Crippen LogP contribution in [0.5, 0.6) is 0 Å². The Morgan fingerprint density at radius 2 is 1.81 bits per heavy atom. The summed E-state index contributed by atoms with van der Waals surface area (Å²) in [5, 5.41) is 7.90. The highest BCUT2D eigenvalue weighted by molar-refractivity contribution is 5.95. The molecule has 0 bridgehead atoms. The standard InChI is InChI=1S/C20H26N4O2/c1-15-21-22-18(26-15)16-6-8-17(9-7-16)19(25)24-13-12-23(2)14-20(24)10-4-3-5-11-20/h6-9H,3-5,10-14H2,1-2H3. The molecular weight excluding hydrogens is 328 g/mol. The quantitative estimate of drug-likeness (QED) is 0.829. The minimum absolute atomic E-state index is 0.00457. The number of carbonyl (C=O) groups excluding carboxylic acids is 1. The lowest BCUT2D eigenvalue weighted by molar-refractivity contribution is -0.00778. The molecule has 138 valence electrons. The Kier molecular flexibility index (Phi) is 4.53. The Balaban J connectivity index is 1.57. The van der Waals surface area contributed by atoms with Gasteiger partial charge in [-0.1, -0.05) is 19.3 Å². The summed E-state index contributed by atoms with van der Waals surface area (Å²) >= 11 is 0. The van der Waals surface area contributed by atoms with Crippen LogP contribution in [0.15, 0.2) is 28.7 Å². The fourth-order valence-corrected chi connectivity index (χ4v) is 4.45. The minimum atomic E-state index is 0.00457. The van der Waals surface area contributed by atoms with Crippen molar-refractivity contribution in [2.24, 2.45) is 0 Å². The van der Waals surface area contributed by atoms with Crippen LogP contribution < -0.4 is 0 Å². The smallest absolute Gasteiger partial charge is 0.254 e. The molecule has 2 fully saturated rings. The Morgan fingerprint density at radius 3 is 2.46 bits per heavy atom. The Labute approximate surface area is 154 Å². The fourth-order valence-electron chi connectivity index (χ4n) is 4.45. The molecule has 0 N–H and O–H groups in total. The third kappa shape index (κ3) is 3.14. The average Bonchev–Trinajstić information content (AvgIpc) is 3.08. The Morgan fingerprint density at radius 1 is 1.08 bits per heavy atom. The number of aryl methyl sites for hydroxylation is 1. The molecule has 0 unspecified atom stereocenters. The van der Waals surface area contributed by atoms with Crippen LogP contribution in [0.3, 0.4) is 0 Å². The predicted molar refractivity (Wildman–Crippen MR) is 98.8 cm³/mol. The van der Waals surface area contributed by atoms with Gasteiger partial charge in [-0.3, -0.25) is 4.79 Å². The molecule has 1 aromatic heterocycles. The lowest BCUT2D eigenvalue weighted by Crippen LogP contribution is -2.63. The summed E-state index contributed by atoms with van der Waals surface area (Å²) in [6.45, 7) is 4.50. The second kappa shape index (κ2) is 6.83. The van der Waals surface area contributed by atoms with E-state index < -0.39 is 0 Å². The van der Waals surface area contributed by atoms with E-state index in [1.54, 1.807) is 6.92 Å². The highest BCUT2D eigenvalue weighted by atomic mass is 16.4. The van der Waals surface area contributed by atoms with Crippen LogP contribution in [0.1, 0.15) is 48.4 Å². The molecular formula is C20H26N4O2. The van der Waals surface area contributed by atoms with E-state index in [1.165, 1.54) is 19.3 Å². The van der Waals surface area contributed by atoms with Gasteiger partial charge in [-0.05, 0) is 44.2 Å².